The number of Topliss-reactive ketones (excluding diaryl/α,β-unsaturated/α-hetero) is 1. The Morgan fingerprint density at radius 2 is 1.83 bits per heavy atom. The van der Waals surface area contributed by atoms with Crippen LogP contribution in [0.5, 0.6) is 0 Å². The second-order valence-electron chi connectivity index (χ2n) is 8.50. The molecule has 0 radical (unpaired) electrons. The molecule has 2 fully saturated rings. The van der Waals surface area contributed by atoms with E-state index in [1.165, 1.54) is 5.57 Å². The number of rotatable bonds is 13. The Morgan fingerprint density at radius 3 is 2.62 bits per heavy atom. The lowest BCUT2D eigenvalue weighted by molar-refractivity contribution is -0.121. The summed E-state index contributed by atoms with van der Waals surface area (Å²) < 4.78 is 0. The van der Waals surface area contributed by atoms with E-state index in [1.807, 2.05) is 6.07 Å². The number of carbonyl (C=O) groups is 2. The van der Waals surface area contributed by atoms with Gasteiger partial charge in [-0.25, -0.2) is 9.97 Å². The lowest BCUT2D eigenvalue weighted by atomic mass is 9.93. The van der Waals surface area contributed by atoms with Crippen molar-refractivity contribution in [3.63, 3.8) is 0 Å². The maximum atomic E-state index is 12.3. The van der Waals surface area contributed by atoms with E-state index >= 15 is 0 Å². The van der Waals surface area contributed by atoms with Crippen molar-refractivity contribution in [2.45, 2.75) is 95.9 Å². The van der Waals surface area contributed by atoms with E-state index < -0.39 is 0 Å². The molecular formula is C24H35N3O2. The lowest BCUT2D eigenvalue weighted by Gasteiger charge is -2.11. The second kappa shape index (κ2) is 11.8. The number of amides is 1. The molecule has 1 heterocycles. The number of hydrogen-bond acceptors (Lipinski definition) is 4. The molecule has 29 heavy (non-hydrogen) atoms. The van der Waals surface area contributed by atoms with E-state index in [2.05, 4.69) is 21.4 Å². The highest BCUT2D eigenvalue weighted by Gasteiger charge is 2.28. The van der Waals surface area contributed by atoms with Crippen LogP contribution in [-0.4, -0.2) is 27.7 Å². The standard InChI is InChI=1S/C24H35N3O2/c28-22-16-13-19(9-4-3-6-11-23-25-17-8-18-26-23)21(22)10-5-1-2-7-12-24(29)27-20-14-15-20/h8-9,17-18,20-21H,1-7,10-16H2,(H,27,29)/b19-9-/t21-/m1/s1. The summed E-state index contributed by atoms with van der Waals surface area (Å²) in [5, 5.41) is 3.04. The maximum Gasteiger partial charge on any atom is 0.220 e. The topological polar surface area (TPSA) is 72.0 Å². The highest BCUT2D eigenvalue weighted by molar-refractivity contribution is 5.87. The highest BCUT2D eigenvalue weighted by Crippen LogP contribution is 2.32. The molecule has 0 bridgehead atoms. The van der Waals surface area contributed by atoms with Crippen LogP contribution in [0.3, 0.4) is 0 Å². The SMILES string of the molecule is O=C(CCCCCC[C@H]1C(=O)CC/C1=C/CCCCc1ncccn1)NC1CC1. The van der Waals surface area contributed by atoms with Crippen molar-refractivity contribution in [2.75, 3.05) is 0 Å². The summed E-state index contributed by atoms with van der Waals surface area (Å²) in [5.74, 6) is 1.71. The number of aryl methyl sites for hydroxylation is 1. The molecule has 2 aliphatic rings. The molecule has 2 saturated carbocycles. The van der Waals surface area contributed by atoms with Gasteiger partial charge in [0.25, 0.3) is 0 Å². The fraction of sp³-hybridized carbons (Fsp3) is 0.667. The number of nitrogens with zero attached hydrogens (tertiary/aromatic N) is 2. The predicted octanol–water partition coefficient (Wildman–Crippen LogP) is 4.71. The van der Waals surface area contributed by atoms with Crippen LogP contribution < -0.4 is 5.32 Å². The van der Waals surface area contributed by atoms with Gasteiger partial charge in [0.1, 0.15) is 11.6 Å². The van der Waals surface area contributed by atoms with Crippen LogP contribution in [0.15, 0.2) is 30.1 Å². The highest BCUT2D eigenvalue weighted by atomic mass is 16.1. The smallest absolute Gasteiger partial charge is 0.220 e. The lowest BCUT2D eigenvalue weighted by Crippen LogP contribution is -2.24. The maximum absolute atomic E-state index is 12.3. The minimum atomic E-state index is 0.158. The molecule has 0 aliphatic heterocycles. The quantitative estimate of drug-likeness (QED) is 0.386. The molecular weight excluding hydrogens is 362 g/mol. The molecule has 1 aromatic heterocycles. The first-order valence-electron chi connectivity index (χ1n) is 11.5. The van der Waals surface area contributed by atoms with Crippen molar-refractivity contribution in [3.8, 4) is 0 Å². The third-order valence-corrected chi connectivity index (χ3v) is 5.97. The van der Waals surface area contributed by atoms with Gasteiger partial charge in [-0.05, 0) is 57.4 Å². The van der Waals surface area contributed by atoms with E-state index in [1.54, 1.807) is 12.4 Å². The molecule has 3 rings (SSSR count). The van der Waals surface area contributed by atoms with Gasteiger partial charge in [-0.1, -0.05) is 30.9 Å². The summed E-state index contributed by atoms with van der Waals surface area (Å²) in [4.78, 5) is 32.5. The number of ketones is 1. The van der Waals surface area contributed by atoms with Crippen molar-refractivity contribution < 1.29 is 9.59 Å². The van der Waals surface area contributed by atoms with Gasteiger partial charge >= 0.3 is 0 Å². The van der Waals surface area contributed by atoms with Crippen LogP contribution in [0.1, 0.15) is 89.3 Å². The third kappa shape index (κ3) is 8.08. The number of aromatic nitrogens is 2. The Labute approximate surface area is 174 Å². The second-order valence-corrected chi connectivity index (χ2v) is 8.50. The van der Waals surface area contributed by atoms with Gasteiger partial charge in [0.05, 0.1) is 0 Å². The van der Waals surface area contributed by atoms with Gasteiger partial charge in [-0.2, -0.15) is 0 Å². The molecule has 1 atom stereocenters. The zero-order valence-corrected chi connectivity index (χ0v) is 17.6. The minimum Gasteiger partial charge on any atom is -0.353 e. The Morgan fingerprint density at radius 1 is 1.03 bits per heavy atom. The number of carbonyl (C=O) groups excluding carboxylic acids is 2. The molecule has 0 unspecified atom stereocenters. The largest absolute Gasteiger partial charge is 0.353 e. The molecule has 1 aromatic rings. The zero-order chi connectivity index (χ0) is 20.3. The van der Waals surface area contributed by atoms with E-state index in [0.29, 0.717) is 18.2 Å². The summed E-state index contributed by atoms with van der Waals surface area (Å²) in [6.07, 6.45) is 19.9. The van der Waals surface area contributed by atoms with E-state index in [4.69, 9.17) is 0 Å². The van der Waals surface area contributed by atoms with Crippen molar-refractivity contribution in [1.29, 1.82) is 0 Å². The van der Waals surface area contributed by atoms with Gasteiger partial charge in [0, 0.05) is 43.6 Å². The molecule has 1 N–H and O–H groups in total. The van der Waals surface area contributed by atoms with Gasteiger partial charge in [-0.3, -0.25) is 9.59 Å². The molecule has 158 valence electrons. The average Bonchev–Trinajstić information content (AvgIpc) is 3.47. The first-order valence-corrected chi connectivity index (χ1v) is 11.5. The van der Waals surface area contributed by atoms with Crippen molar-refractivity contribution in [3.05, 3.63) is 35.9 Å². The van der Waals surface area contributed by atoms with Crippen LogP contribution >= 0.6 is 0 Å². The predicted molar refractivity (Wildman–Crippen MR) is 114 cm³/mol. The summed E-state index contributed by atoms with van der Waals surface area (Å²) >= 11 is 0. The molecule has 0 spiro atoms. The summed E-state index contributed by atoms with van der Waals surface area (Å²) in [6.45, 7) is 0. The molecule has 5 heteroatoms. The molecule has 0 saturated heterocycles. The first kappa shape index (κ1) is 21.7. The number of nitrogens with one attached hydrogen (secondary N) is 1. The Bertz CT molecular complexity index is 683. The Hall–Kier alpha value is -2.04. The van der Waals surface area contributed by atoms with Crippen LogP contribution in [0.2, 0.25) is 0 Å². The van der Waals surface area contributed by atoms with Gasteiger partial charge in [0.15, 0.2) is 0 Å². The van der Waals surface area contributed by atoms with Crippen molar-refractivity contribution in [2.24, 2.45) is 5.92 Å². The van der Waals surface area contributed by atoms with Crippen LogP contribution in [0, 0.1) is 5.92 Å². The minimum absolute atomic E-state index is 0.158. The van der Waals surface area contributed by atoms with Gasteiger partial charge < -0.3 is 5.32 Å². The summed E-state index contributed by atoms with van der Waals surface area (Å²) in [6, 6.07) is 2.31. The van der Waals surface area contributed by atoms with Crippen LogP contribution in [0.4, 0.5) is 0 Å². The Kier molecular flexibility index (Phi) is 8.84. The van der Waals surface area contributed by atoms with E-state index in [9.17, 15) is 9.59 Å². The first-order chi connectivity index (χ1) is 14.2. The fourth-order valence-corrected chi connectivity index (χ4v) is 4.10. The van der Waals surface area contributed by atoms with Crippen molar-refractivity contribution >= 4 is 11.7 Å². The van der Waals surface area contributed by atoms with Gasteiger partial charge in [0.2, 0.25) is 5.91 Å². The number of allylic oxidation sites excluding steroid dienone is 2. The molecule has 1 amide bonds. The fourth-order valence-electron chi connectivity index (χ4n) is 4.10. The van der Waals surface area contributed by atoms with Crippen molar-refractivity contribution in [1.82, 2.24) is 15.3 Å². The zero-order valence-electron chi connectivity index (χ0n) is 17.6. The normalized spacial score (nSPS) is 20.3. The molecule has 5 nitrogen and oxygen atoms in total. The average molecular weight is 398 g/mol. The van der Waals surface area contributed by atoms with Crippen LogP contribution in [-0.2, 0) is 16.0 Å². The summed E-state index contributed by atoms with van der Waals surface area (Å²) in [7, 11) is 0. The molecule has 2 aliphatic carbocycles. The Balaban J connectivity index is 1.26. The van der Waals surface area contributed by atoms with E-state index in [-0.39, 0.29) is 11.8 Å². The van der Waals surface area contributed by atoms with Gasteiger partial charge in [-0.15, -0.1) is 0 Å². The molecule has 0 aromatic carbocycles. The number of unbranched alkanes of at least 4 members (excludes halogenated alkanes) is 5. The summed E-state index contributed by atoms with van der Waals surface area (Å²) in [5.41, 5.74) is 1.37. The number of hydrogen-bond donors (Lipinski definition) is 1. The van der Waals surface area contributed by atoms with E-state index in [0.717, 1.165) is 89.3 Å². The monoisotopic (exact) mass is 397 g/mol. The van der Waals surface area contributed by atoms with Crippen LogP contribution in [0.25, 0.3) is 0 Å². The third-order valence-electron chi connectivity index (χ3n) is 5.97.